The van der Waals surface area contributed by atoms with Crippen molar-refractivity contribution in [3.05, 3.63) is 34.9 Å². The van der Waals surface area contributed by atoms with Crippen LogP contribution in [-0.2, 0) is 0 Å². The molecule has 1 unspecified atom stereocenters. The Morgan fingerprint density at radius 3 is 2.83 bits per heavy atom. The first-order chi connectivity index (χ1) is 8.66. The summed E-state index contributed by atoms with van der Waals surface area (Å²) in [5.74, 6) is 0.0602. The number of aryl methyl sites for hydroxylation is 2. The fourth-order valence-electron chi connectivity index (χ4n) is 2.31. The van der Waals surface area contributed by atoms with E-state index in [1.54, 1.807) is 0 Å². The summed E-state index contributed by atoms with van der Waals surface area (Å²) in [5.41, 5.74) is 3.17. The monoisotopic (exact) mass is 246 g/mol. The Balaban J connectivity index is 1.99. The van der Waals surface area contributed by atoms with Crippen molar-refractivity contribution in [3.8, 4) is 0 Å². The van der Waals surface area contributed by atoms with E-state index in [-0.39, 0.29) is 5.91 Å². The maximum atomic E-state index is 12.2. The van der Waals surface area contributed by atoms with Crippen LogP contribution < -0.4 is 10.6 Å². The first-order valence-corrected chi connectivity index (χ1v) is 6.75. The summed E-state index contributed by atoms with van der Waals surface area (Å²) < 4.78 is 0. The third-order valence-electron chi connectivity index (χ3n) is 3.68. The zero-order chi connectivity index (χ0) is 13.0. The Morgan fingerprint density at radius 2 is 2.06 bits per heavy atom. The quantitative estimate of drug-likeness (QED) is 0.839. The zero-order valence-electron chi connectivity index (χ0n) is 11.3. The molecule has 1 aliphatic rings. The van der Waals surface area contributed by atoms with Gasteiger partial charge in [-0.1, -0.05) is 6.07 Å². The predicted octanol–water partition coefficient (Wildman–Crippen LogP) is 2.18. The number of carbonyl (C=O) groups is 1. The van der Waals surface area contributed by atoms with E-state index >= 15 is 0 Å². The molecule has 3 heteroatoms. The van der Waals surface area contributed by atoms with Gasteiger partial charge < -0.3 is 10.6 Å². The maximum Gasteiger partial charge on any atom is 0.251 e. The number of carbonyl (C=O) groups excluding carboxylic acids is 1. The van der Waals surface area contributed by atoms with Crippen LogP contribution in [0.3, 0.4) is 0 Å². The van der Waals surface area contributed by atoms with E-state index in [2.05, 4.69) is 17.6 Å². The summed E-state index contributed by atoms with van der Waals surface area (Å²) in [4.78, 5) is 12.2. The highest BCUT2D eigenvalue weighted by Gasteiger charge is 2.15. The lowest BCUT2D eigenvalue weighted by Crippen LogP contribution is -2.35. The third-order valence-corrected chi connectivity index (χ3v) is 3.68. The van der Waals surface area contributed by atoms with Crippen molar-refractivity contribution in [2.24, 2.45) is 0 Å². The van der Waals surface area contributed by atoms with E-state index in [4.69, 9.17) is 0 Å². The molecule has 0 aromatic heterocycles. The summed E-state index contributed by atoms with van der Waals surface area (Å²) in [5, 5.41) is 6.50. The molecule has 1 amide bonds. The molecule has 0 bridgehead atoms. The highest BCUT2D eigenvalue weighted by Crippen LogP contribution is 2.11. The molecular formula is C15H22N2O. The smallest absolute Gasteiger partial charge is 0.251 e. The van der Waals surface area contributed by atoms with Gasteiger partial charge in [0.2, 0.25) is 0 Å². The van der Waals surface area contributed by atoms with Gasteiger partial charge in [0.05, 0.1) is 0 Å². The Hall–Kier alpha value is -1.35. The molecule has 1 aromatic carbocycles. The topological polar surface area (TPSA) is 41.1 Å². The summed E-state index contributed by atoms with van der Waals surface area (Å²) in [6, 6.07) is 6.21. The van der Waals surface area contributed by atoms with Crippen LogP contribution in [0.25, 0.3) is 0 Å². The van der Waals surface area contributed by atoms with Crippen LogP contribution in [0.5, 0.6) is 0 Å². The summed E-state index contributed by atoms with van der Waals surface area (Å²) in [6.45, 7) is 6.17. The molecule has 1 heterocycles. The van der Waals surface area contributed by atoms with Crippen LogP contribution >= 0.6 is 0 Å². The molecule has 2 rings (SSSR count). The largest absolute Gasteiger partial charge is 0.349 e. The van der Waals surface area contributed by atoms with Crippen LogP contribution in [0.4, 0.5) is 0 Å². The molecule has 1 aliphatic heterocycles. The lowest BCUT2D eigenvalue weighted by molar-refractivity contribution is 0.0934. The molecule has 2 N–H and O–H groups in total. The minimum Gasteiger partial charge on any atom is -0.349 e. The number of nitrogens with one attached hydrogen (secondary N) is 2. The van der Waals surface area contributed by atoms with E-state index in [0.717, 1.165) is 37.9 Å². The Morgan fingerprint density at radius 1 is 1.22 bits per heavy atom. The number of rotatable bonds is 2. The van der Waals surface area contributed by atoms with Crippen molar-refractivity contribution in [2.45, 2.75) is 39.2 Å². The van der Waals surface area contributed by atoms with Gasteiger partial charge in [0.1, 0.15) is 0 Å². The van der Waals surface area contributed by atoms with Crippen LogP contribution in [0, 0.1) is 13.8 Å². The first kappa shape index (κ1) is 13.1. The highest BCUT2D eigenvalue weighted by molar-refractivity contribution is 5.94. The Labute approximate surface area is 109 Å². The molecule has 0 spiro atoms. The maximum absolute atomic E-state index is 12.2. The van der Waals surface area contributed by atoms with E-state index in [9.17, 15) is 4.79 Å². The minimum atomic E-state index is 0.0602. The van der Waals surface area contributed by atoms with Gasteiger partial charge in [-0.05, 0) is 69.5 Å². The molecule has 98 valence electrons. The van der Waals surface area contributed by atoms with Gasteiger partial charge in [0, 0.05) is 11.6 Å². The second kappa shape index (κ2) is 6.01. The van der Waals surface area contributed by atoms with Crippen LogP contribution in [0.2, 0.25) is 0 Å². The van der Waals surface area contributed by atoms with Gasteiger partial charge in [-0.15, -0.1) is 0 Å². The number of benzene rings is 1. The highest BCUT2D eigenvalue weighted by atomic mass is 16.1. The lowest BCUT2D eigenvalue weighted by atomic mass is 10.0. The molecule has 0 saturated carbocycles. The molecule has 0 radical (unpaired) electrons. The zero-order valence-corrected chi connectivity index (χ0v) is 11.3. The third kappa shape index (κ3) is 3.33. The summed E-state index contributed by atoms with van der Waals surface area (Å²) >= 11 is 0. The SMILES string of the molecule is Cc1ccc(C(=O)NC2CCCNCC2)cc1C. The average Bonchev–Trinajstić information content (AvgIpc) is 2.61. The molecule has 3 nitrogen and oxygen atoms in total. The van der Waals surface area contributed by atoms with Gasteiger partial charge in [0.15, 0.2) is 0 Å². The van der Waals surface area contributed by atoms with Gasteiger partial charge in [-0.2, -0.15) is 0 Å². The summed E-state index contributed by atoms with van der Waals surface area (Å²) in [6.07, 6.45) is 3.23. The number of hydrogen-bond acceptors (Lipinski definition) is 2. The van der Waals surface area contributed by atoms with Crippen molar-refractivity contribution in [1.82, 2.24) is 10.6 Å². The van der Waals surface area contributed by atoms with Crippen molar-refractivity contribution < 1.29 is 4.79 Å². The Kier molecular flexibility index (Phi) is 4.37. The van der Waals surface area contributed by atoms with Crippen molar-refractivity contribution in [2.75, 3.05) is 13.1 Å². The van der Waals surface area contributed by atoms with Gasteiger partial charge in [-0.3, -0.25) is 4.79 Å². The molecule has 1 fully saturated rings. The van der Waals surface area contributed by atoms with Gasteiger partial charge >= 0.3 is 0 Å². The van der Waals surface area contributed by atoms with Gasteiger partial charge in [0.25, 0.3) is 5.91 Å². The first-order valence-electron chi connectivity index (χ1n) is 6.75. The van der Waals surface area contributed by atoms with Crippen molar-refractivity contribution in [1.29, 1.82) is 0 Å². The summed E-state index contributed by atoms with van der Waals surface area (Å²) in [7, 11) is 0. The molecule has 1 atom stereocenters. The second-order valence-electron chi connectivity index (χ2n) is 5.15. The number of hydrogen-bond donors (Lipinski definition) is 2. The van der Waals surface area contributed by atoms with E-state index < -0.39 is 0 Å². The van der Waals surface area contributed by atoms with Gasteiger partial charge in [-0.25, -0.2) is 0 Å². The van der Waals surface area contributed by atoms with Crippen LogP contribution in [-0.4, -0.2) is 25.0 Å². The van der Waals surface area contributed by atoms with Crippen LogP contribution in [0.15, 0.2) is 18.2 Å². The van der Waals surface area contributed by atoms with E-state index in [1.807, 2.05) is 25.1 Å². The fraction of sp³-hybridized carbons (Fsp3) is 0.533. The van der Waals surface area contributed by atoms with E-state index in [0.29, 0.717) is 6.04 Å². The molecule has 1 aromatic rings. The lowest BCUT2D eigenvalue weighted by Gasteiger charge is -2.16. The standard InChI is InChI=1S/C15H22N2O/c1-11-5-6-13(10-12(11)2)15(18)17-14-4-3-8-16-9-7-14/h5-6,10,14,16H,3-4,7-9H2,1-2H3,(H,17,18). The predicted molar refractivity (Wildman–Crippen MR) is 73.9 cm³/mol. The minimum absolute atomic E-state index is 0.0602. The molecular weight excluding hydrogens is 224 g/mol. The fourth-order valence-corrected chi connectivity index (χ4v) is 2.31. The van der Waals surface area contributed by atoms with Crippen molar-refractivity contribution in [3.63, 3.8) is 0 Å². The normalized spacial score (nSPS) is 20.2. The Bertz CT molecular complexity index is 421. The van der Waals surface area contributed by atoms with E-state index in [1.165, 1.54) is 11.1 Å². The molecule has 1 saturated heterocycles. The van der Waals surface area contributed by atoms with Crippen molar-refractivity contribution >= 4 is 5.91 Å². The average molecular weight is 246 g/mol. The molecule has 18 heavy (non-hydrogen) atoms. The number of amides is 1. The van der Waals surface area contributed by atoms with Crippen LogP contribution in [0.1, 0.15) is 40.7 Å². The second-order valence-corrected chi connectivity index (χ2v) is 5.15. The molecule has 0 aliphatic carbocycles.